The molecule has 1 aromatic heterocycles. The summed E-state index contributed by atoms with van der Waals surface area (Å²) in [5.74, 6) is -0.682. The summed E-state index contributed by atoms with van der Waals surface area (Å²) in [6, 6.07) is 23.5. The van der Waals surface area contributed by atoms with Gasteiger partial charge in [-0.1, -0.05) is 48.5 Å². The minimum atomic E-state index is -4.01. The lowest BCUT2D eigenvalue weighted by Crippen LogP contribution is -2.42. The SMILES string of the molecule is O=C(O)C(Cc1c[nH]c2ccccc12)NS(=O)(=O)c1ccc(N2CCC(c3ccccc3)CC2)cc1. The fourth-order valence-electron chi connectivity index (χ4n) is 4.99. The molecule has 0 spiro atoms. The molecule has 1 fully saturated rings. The number of anilines is 1. The van der Waals surface area contributed by atoms with Crippen molar-refractivity contribution in [3.05, 3.63) is 96.2 Å². The number of nitrogens with one attached hydrogen (secondary N) is 2. The molecule has 1 aliphatic heterocycles. The number of carboxylic acids is 1. The maximum Gasteiger partial charge on any atom is 0.322 e. The highest BCUT2D eigenvalue weighted by atomic mass is 32.2. The van der Waals surface area contributed by atoms with Crippen LogP contribution in [0.3, 0.4) is 0 Å². The van der Waals surface area contributed by atoms with Gasteiger partial charge in [0, 0.05) is 42.3 Å². The van der Waals surface area contributed by atoms with Gasteiger partial charge in [0.25, 0.3) is 0 Å². The molecule has 186 valence electrons. The van der Waals surface area contributed by atoms with Gasteiger partial charge in [0.05, 0.1) is 4.90 Å². The summed E-state index contributed by atoms with van der Waals surface area (Å²) in [5.41, 5.74) is 3.96. The van der Waals surface area contributed by atoms with Crippen LogP contribution in [0.5, 0.6) is 0 Å². The fraction of sp³-hybridized carbons (Fsp3) is 0.250. The van der Waals surface area contributed by atoms with E-state index in [9.17, 15) is 18.3 Å². The van der Waals surface area contributed by atoms with Crippen molar-refractivity contribution in [3.8, 4) is 0 Å². The fourth-order valence-corrected chi connectivity index (χ4v) is 6.18. The zero-order valence-electron chi connectivity index (χ0n) is 19.8. The molecule has 3 N–H and O–H groups in total. The van der Waals surface area contributed by atoms with Crippen molar-refractivity contribution in [1.29, 1.82) is 0 Å². The maximum absolute atomic E-state index is 13.0. The van der Waals surface area contributed by atoms with Crippen LogP contribution in [0, 0.1) is 0 Å². The Morgan fingerprint density at radius 3 is 2.33 bits per heavy atom. The highest BCUT2D eigenvalue weighted by Gasteiger charge is 2.27. The van der Waals surface area contributed by atoms with E-state index in [2.05, 4.69) is 38.9 Å². The van der Waals surface area contributed by atoms with E-state index in [4.69, 9.17) is 0 Å². The second-order valence-electron chi connectivity index (χ2n) is 9.24. The number of H-pyrrole nitrogens is 1. The number of aliphatic carboxylic acids is 1. The molecule has 1 unspecified atom stereocenters. The van der Waals surface area contributed by atoms with Crippen LogP contribution in [0.15, 0.2) is 90.0 Å². The zero-order chi connectivity index (χ0) is 25.1. The Morgan fingerprint density at radius 2 is 1.64 bits per heavy atom. The minimum absolute atomic E-state index is 0.0347. The second kappa shape index (κ2) is 10.2. The van der Waals surface area contributed by atoms with Crippen LogP contribution in [0.25, 0.3) is 10.9 Å². The molecule has 0 radical (unpaired) electrons. The standard InChI is InChI=1S/C28H29N3O4S/c32-28(33)27(18-22-19-29-26-9-5-4-8-25(22)26)30-36(34,35)24-12-10-23(11-13-24)31-16-14-21(15-17-31)20-6-2-1-3-7-20/h1-13,19,21,27,29-30H,14-18H2,(H,32,33). The summed E-state index contributed by atoms with van der Waals surface area (Å²) in [7, 11) is -4.01. The molecule has 4 aromatic rings. The minimum Gasteiger partial charge on any atom is -0.480 e. The largest absolute Gasteiger partial charge is 0.480 e. The highest BCUT2D eigenvalue weighted by molar-refractivity contribution is 7.89. The lowest BCUT2D eigenvalue weighted by molar-refractivity contribution is -0.138. The van der Waals surface area contributed by atoms with Crippen molar-refractivity contribution in [2.75, 3.05) is 18.0 Å². The van der Waals surface area contributed by atoms with Gasteiger partial charge in [0.2, 0.25) is 10.0 Å². The molecule has 0 aliphatic carbocycles. The zero-order valence-corrected chi connectivity index (χ0v) is 20.6. The van der Waals surface area contributed by atoms with Crippen LogP contribution in [0.1, 0.15) is 29.9 Å². The van der Waals surface area contributed by atoms with Gasteiger partial charge in [-0.2, -0.15) is 4.72 Å². The number of aromatic nitrogens is 1. The average Bonchev–Trinajstić information content (AvgIpc) is 3.32. The Hall–Kier alpha value is -3.62. The molecule has 2 heterocycles. The maximum atomic E-state index is 13.0. The average molecular weight is 504 g/mol. The van der Waals surface area contributed by atoms with E-state index in [1.807, 2.05) is 30.3 Å². The number of benzene rings is 3. The smallest absolute Gasteiger partial charge is 0.322 e. The lowest BCUT2D eigenvalue weighted by atomic mass is 9.89. The number of carbonyl (C=O) groups is 1. The Bertz CT molecular complexity index is 1440. The molecule has 8 heteroatoms. The van der Waals surface area contributed by atoms with Gasteiger partial charge in [-0.25, -0.2) is 8.42 Å². The Balaban J connectivity index is 1.25. The Kier molecular flexibility index (Phi) is 6.80. The molecule has 0 saturated carbocycles. The van der Waals surface area contributed by atoms with E-state index in [0.29, 0.717) is 5.92 Å². The summed E-state index contributed by atoms with van der Waals surface area (Å²) >= 11 is 0. The number of hydrogen-bond acceptors (Lipinski definition) is 4. The van der Waals surface area contributed by atoms with Gasteiger partial charge in [-0.3, -0.25) is 4.79 Å². The number of fused-ring (bicyclic) bond motifs is 1. The van der Waals surface area contributed by atoms with Crippen molar-refractivity contribution in [2.45, 2.75) is 36.1 Å². The molecule has 7 nitrogen and oxygen atoms in total. The van der Waals surface area contributed by atoms with E-state index in [0.717, 1.165) is 48.1 Å². The van der Waals surface area contributed by atoms with Gasteiger partial charge < -0.3 is 15.0 Å². The van der Waals surface area contributed by atoms with Crippen LogP contribution >= 0.6 is 0 Å². The molecular formula is C28H29N3O4S. The topological polar surface area (TPSA) is 102 Å². The Labute approximate surface area is 210 Å². The van der Waals surface area contributed by atoms with Crippen molar-refractivity contribution in [2.24, 2.45) is 0 Å². The third-order valence-electron chi connectivity index (χ3n) is 6.97. The monoisotopic (exact) mass is 503 g/mol. The molecule has 1 aliphatic rings. The number of para-hydroxylation sites is 1. The number of aromatic amines is 1. The normalized spacial score (nSPS) is 15.7. The predicted octanol–water partition coefficient (Wildman–Crippen LogP) is 4.53. The number of piperidine rings is 1. The number of rotatable bonds is 8. The first-order chi connectivity index (χ1) is 17.4. The third kappa shape index (κ3) is 5.15. The van der Waals surface area contributed by atoms with Crippen LogP contribution in [0.4, 0.5) is 5.69 Å². The van der Waals surface area contributed by atoms with E-state index < -0.39 is 22.0 Å². The summed E-state index contributed by atoms with van der Waals surface area (Å²) in [4.78, 5) is 17.3. The van der Waals surface area contributed by atoms with E-state index in [1.54, 1.807) is 30.5 Å². The molecule has 1 saturated heterocycles. The lowest BCUT2D eigenvalue weighted by Gasteiger charge is -2.34. The summed E-state index contributed by atoms with van der Waals surface area (Å²) < 4.78 is 28.4. The number of sulfonamides is 1. The van der Waals surface area contributed by atoms with Crippen LogP contribution in [0.2, 0.25) is 0 Å². The van der Waals surface area contributed by atoms with Crippen molar-refractivity contribution >= 4 is 32.6 Å². The quantitative estimate of drug-likeness (QED) is 0.328. The molecule has 0 amide bonds. The van der Waals surface area contributed by atoms with Crippen molar-refractivity contribution in [1.82, 2.24) is 9.71 Å². The van der Waals surface area contributed by atoms with Gasteiger partial charge in [-0.05, 0) is 60.2 Å². The number of nitrogens with zero attached hydrogens (tertiary/aromatic N) is 1. The summed E-state index contributed by atoms with van der Waals surface area (Å²) in [5, 5.41) is 10.6. The van der Waals surface area contributed by atoms with Crippen LogP contribution < -0.4 is 9.62 Å². The molecule has 1 atom stereocenters. The highest BCUT2D eigenvalue weighted by Crippen LogP contribution is 2.30. The molecule has 5 rings (SSSR count). The van der Waals surface area contributed by atoms with E-state index in [-0.39, 0.29) is 11.3 Å². The van der Waals surface area contributed by atoms with Gasteiger partial charge in [0.1, 0.15) is 6.04 Å². The van der Waals surface area contributed by atoms with Crippen molar-refractivity contribution in [3.63, 3.8) is 0 Å². The van der Waals surface area contributed by atoms with Gasteiger partial charge in [-0.15, -0.1) is 0 Å². The summed E-state index contributed by atoms with van der Waals surface area (Å²) in [6.07, 6.45) is 3.84. The second-order valence-corrected chi connectivity index (χ2v) is 11.0. The van der Waals surface area contributed by atoms with E-state index in [1.165, 1.54) is 5.56 Å². The van der Waals surface area contributed by atoms with E-state index >= 15 is 0 Å². The van der Waals surface area contributed by atoms with Gasteiger partial charge >= 0.3 is 5.97 Å². The molecular weight excluding hydrogens is 474 g/mol. The number of carboxylic acid groups (broad SMARTS) is 1. The first-order valence-electron chi connectivity index (χ1n) is 12.1. The molecule has 36 heavy (non-hydrogen) atoms. The van der Waals surface area contributed by atoms with Crippen LogP contribution in [-0.4, -0.2) is 43.6 Å². The first kappa shape index (κ1) is 24.1. The Morgan fingerprint density at radius 1 is 0.972 bits per heavy atom. The van der Waals surface area contributed by atoms with Gasteiger partial charge in [0.15, 0.2) is 0 Å². The number of hydrogen-bond donors (Lipinski definition) is 3. The first-order valence-corrected chi connectivity index (χ1v) is 13.6. The molecule has 0 bridgehead atoms. The van der Waals surface area contributed by atoms with Crippen molar-refractivity contribution < 1.29 is 18.3 Å². The van der Waals surface area contributed by atoms with Crippen LogP contribution in [-0.2, 0) is 21.2 Å². The summed E-state index contributed by atoms with van der Waals surface area (Å²) in [6.45, 7) is 1.80. The third-order valence-corrected chi connectivity index (χ3v) is 8.46. The predicted molar refractivity (Wildman–Crippen MR) is 141 cm³/mol. The molecule has 3 aromatic carbocycles.